The summed E-state index contributed by atoms with van der Waals surface area (Å²) in [6.45, 7) is 2.10. The van der Waals surface area contributed by atoms with Gasteiger partial charge in [0, 0.05) is 23.7 Å². The van der Waals surface area contributed by atoms with Crippen LogP contribution < -0.4 is 5.32 Å². The molecule has 1 N–H and O–H groups in total. The second-order valence-corrected chi connectivity index (χ2v) is 3.46. The molecule has 64 valence electrons. The molecule has 0 aromatic heterocycles. The molecule has 0 bridgehead atoms. The smallest absolute Gasteiger partial charge is 0.164 e. The van der Waals surface area contributed by atoms with Crippen molar-refractivity contribution < 1.29 is 4.79 Å². The van der Waals surface area contributed by atoms with Crippen LogP contribution in [0.5, 0.6) is 0 Å². The van der Waals surface area contributed by atoms with Gasteiger partial charge >= 0.3 is 0 Å². The van der Waals surface area contributed by atoms with Gasteiger partial charge in [-0.25, -0.2) is 0 Å². The maximum atomic E-state index is 11.4. The van der Waals surface area contributed by atoms with Gasteiger partial charge in [0.15, 0.2) is 5.78 Å². The standard InChI is InChI=1S/C10H13NO/c1-7-5-6-8-9(11-7)3-2-4-10(8)12/h5-7,11H,2-4H2,1H3/t7-/m1/s1. The third-order valence-corrected chi connectivity index (χ3v) is 2.41. The minimum atomic E-state index is 0.298. The van der Waals surface area contributed by atoms with Crippen molar-refractivity contribution in [2.24, 2.45) is 0 Å². The summed E-state index contributed by atoms with van der Waals surface area (Å²) in [5.74, 6) is 0.298. The summed E-state index contributed by atoms with van der Waals surface area (Å²) in [6.07, 6.45) is 6.78. The molecule has 0 radical (unpaired) electrons. The number of Topliss-reactive ketones (excluding diaryl/α,β-unsaturated/α-hetero) is 1. The Morgan fingerprint density at radius 3 is 3.17 bits per heavy atom. The van der Waals surface area contributed by atoms with Gasteiger partial charge in [0.05, 0.1) is 0 Å². The summed E-state index contributed by atoms with van der Waals surface area (Å²) in [6, 6.07) is 0.384. The van der Waals surface area contributed by atoms with Crippen LogP contribution in [-0.4, -0.2) is 11.8 Å². The van der Waals surface area contributed by atoms with Crippen molar-refractivity contribution in [3.63, 3.8) is 0 Å². The summed E-state index contributed by atoms with van der Waals surface area (Å²) in [5, 5.41) is 3.32. The predicted octanol–water partition coefficient (Wildman–Crippen LogP) is 1.54. The van der Waals surface area contributed by atoms with Crippen molar-refractivity contribution in [2.45, 2.75) is 32.2 Å². The molecule has 1 aliphatic heterocycles. The molecular formula is C10H13NO. The molecule has 2 nitrogen and oxygen atoms in total. The molecule has 0 saturated heterocycles. The number of allylic oxidation sites excluding steroid dienone is 3. The largest absolute Gasteiger partial charge is 0.382 e. The summed E-state index contributed by atoms with van der Waals surface area (Å²) < 4.78 is 0. The van der Waals surface area contributed by atoms with E-state index < -0.39 is 0 Å². The zero-order valence-corrected chi connectivity index (χ0v) is 7.26. The highest BCUT2D eigenvalue weighted by Gasteiger charge is 2.21. The number of rotatable bonds is 0. The Balaban J connectivity index is 2.31. The molecule has 2 heteroatoms. The number of nitrogens with one attached hydrogen (secondary N) is 1. The lowest BCUT2D eigenvalue weighted by molar-refractivity contribution is -0.115. The third-order valence-electron chi connectivity index (χ3n) is 2.41. The lowest BCUT2D eigenvalue weighted by Gasteiger charge is -2.25. The van der Waals surface area contributed by atoms with Crippen molar-refractivity contribution >= 4 is 5.78 Å². The van der Waals surface area contributed by atoms with Gasteiger partial charge in [0.25, 0.3) is 0 Å². The first-order valence-electron chi connectivity index (χ1n) is 4.48. The maximum Gasteiger partial charge on any atom is 0.164 e. The molecule has 12 heavy (non-hydrogen) atoms. The minimum absolute atomic E-state index is 0.298. The Morgan fingerprint density at radius 2 is 2.33 bits per heavy atom. The minimum Gasteiger partial charge on any atom is -0.382 e. The molecule has 0 fully saturated rings. The van der Waals surface area contributed by atoms with Gasteiger partial charge in [-0.3, -0.25) is 4.79 Å². The number of carbonyl (C=O) groups excluding carboxylic acids is 1. The Morgan fingerprint density at radius 1 is 1.50 bits per heavy atom. The van der Waals surface area contributed by atoms with E-state index in [1.54, 1.807) is 0 Å². The van der Waals surface area contributed by atoms with Crippen LogP contribution in [-0.2, 0) is 4.79 Å². The normalized spacial score (nSPS) is 28.4. The van der Waals surface area contributed by atoms with E-state index in [1.165, 1.54) is 0 Å². The SMILES string of the molecule is C[C@@H]1C=CC2=C(CCCC2=O)N1. The van der Waals surface area contributed by atoms with Gasteiger partial charge in [-0.1, -0.05) is 12.2 Å². The van der Waals surface area contributed by atoms with Crippen LogP contribution in [0, 0.1) is 0 Å². The van der Waals surface area contributed by atoms with Crippen molar-refractivity contribution in [1.29, 1.82) is 0 Å². The summed E-state index contributed by atoms with van der Waals surface area (Å²) >= 11 is 0. The topological polar surface area (TPSA) is 29.1 Å². The number of dihydropyridines is 1. The Labute approximate surface area is 72.3 Å². The number of ketones is 1. The predicted molar refractivity (Wildman–Crippen MR) is 47.6 cm³/mol. The summed E-state index contributed by atoms with van der Waals surface area (Å²) in [5.41, 5.74) is 2.07. The van der Waals surface area contributed by atoms with E-state index in [0.29, 0.717) is 11.8 Å². The fraction of sp³-hybridized carbons (Fsp3) is 0.500. The molecule has 0 aromatic carbocycles. The number of hydrogen-bond acceptors (Lipinski definition) is 2. The Bertz CT molecular complexity index is 276. The average Bonchev–Trinajstić information content (AvgIpc) is 2.04. The first-order valence-corrected chi connectivity index (χ1v) is 4.48. The highest BCUT2D eigenvalue weighted by atomic mass is 16.1. The third kappa shape index (κ3) is 1.17. The highest BCUT2D eigenvalue weighted by Crippen LogP contribution is 2.24. The van der Waals surface area contributed by atoms with Crippen LogP contribution in [0.3, 0.4) is 0 Å². The number of hydrogen-bond donors (Lipinski definition) is 1. The monoisotopic (exact) mass is 163 g/mol. The molecule has 2 aliphatic rings. The van der Waals surface area contributed by atoms with Crippen molar-refractivity contribution in [2.75, 3.05) is 0 Å². The molecule has 2 rings (SSSR count). The molecule has 0 aromatic rings. The first-order chi connectivity index (χ1) is 5.77. The van der Waals surface area contributed by atoms with Crippen molar-refractivity contribution in [1.82, 2.24) is 5.32 Å². The quantitative estimate of drug-likeness (QED) is 0.587. The Hall–Kier alpha value is -1.05. The van der Waals surface area contributed by atoms with E-state index in [-0.39, 0.29) is 0 Å². The van der Waals surface area contributed by atoms with Gasteiger partial charge in [-0.15, -0.1) is 0 Å². The van der Waals surface area contributed by atoms with Gasteiger partial charge in [0.1, 0.15) is 0 Å². The van der Waals surface area contributed by atoms with Crippen LogP contribution in [0.15, 0.2) is 23.4 Å². The second kappa shape index (κ2) is 2.77. The maximum absolute atomic E-state index is 11.4. The average molecular weight is 163 g/mol. The van der Waals surface area contributed by atoms with E-state index in [2.05, 4.69) is 12.2 Å². The zero-order valence-electron chi connectivity index (χ0n) is 7.26. The van der Waals surface area contributed by atoms with Gasteiger partial charge < -0.3 is 5.32 Å². The second-order valence-electron chi connectivity index (χ2n) is 3.46. The van der Waals surface area contributed by atoms with Gasteiger partial charge in [-0.05, 0) is 19.8 Å². The van der Waals surface area contributed by atoms with Crippen LogP contribution in [0.25, 0.3) is 0 Å². The van der Waals surface area contributed by atoms with Crippen molar-refractivity contribution in [3.8, 4) is 0 Å². The molecular weight excluding hydrogens is 150 g/mol. The number of carbonyl (C=O) groups is 1. The fourth-order valence-electron chi connectivity index (χ4n) is 1.77. The lowest BCUT2D eigenvalue weighted by atomic mass is 9.92. The first kappa shape index (κ1) is 7.59. The zero-order chi connectivity index (χ0) is 8.55. The fourth-order valence-corrected chi connectivity index (χ4v) is 1.77. The van der Waals surface area contributed by atoms with E-state index in [4.69, 9.17) is 0 Å². The molecule has 0 spiro atoms. The molecule has 1 heterocycles. The van der Waals surface area contributed by atoms with E-state index >= 15 is 0 Å². The van der Waals surface area contributed by atoms with E-state index in [1.807, 2.05) is 12.2 Å². The van der Waals surface area contributed by atoms with E-state index in [0.717, 1.165) is 30.5 Å². The summed E-state index contributed by atoms with van der Waals surface area (Å²) in [7, 11) is 0. The van der Waals surface area contributed by atoms with Crippen LogP contribution in [0.2, 0.25) is 0 Å². The Kier molecular flexibility index (Phi) is 1.75. The van der Waals surface area contributed by atoms with Crippen molar-refractivity contribution in [3.05, 3.63) is 23.4 Å². The van der Waals surface area contributed by atoms with Crippen LogP contribution in [0.4, 0.5) is 0 Å². The lowest BCUT2D eigenvalue weighted by Crippen LogP contribution is -2.30. The van der Waals surface area contributed by atoms with Crippen LogP contribution >= 0.6 is 0 Å². The molecule has 0 saturated carbocycles. The molecule has 1 atom stereocenters. The molecule has 1 aliphatic carbocycles. The molecule has 0 amide bonds. The highest BCUT2D eigenvalue weighted by molar-refractivity contribution is 5.99. The van der Waals surface area contributed by atoms with E-state index in [9.17, 15) is 4.79 Å². The van der Waals surface area contributed by atoms with Gasteiger partial charge in [-0.2, -0.15) is 0 Å². The summed E-state index contributed by atoms with van der Waals surface area (Å²) in [4.78, 5) is 11.4. The van der Waals surface area contributed by atoms with Crippen LogP contribution in [0.1, 0.15) is 26.2 Å². The van der Waals surface area contributed by atoms with Gasteiger partial charge in [0.2, 0.25) is 0 Å². The molecule has 0 unspecified atom stereocenters.